The fourth-order valence-corrected chi connectivity index (χ4v) is 4.20. The zero-order valence-electron chi connectivity index (χ0n) is 16.8. The minimum absolute atomic E-state index is 0.0346. The fraction of sp³-hybridized carbons (Fsp3) is 0.261. The van der Waals surface area contributed by atoms with Gasteiger partial charge in [-0.05, 0) is 49.2 Å². The van der Waals surface area contributed by atoms with Crippen LogP contribution in [-0.2, 0) is 24.2 Å². The van der Waals surface area contributed by atoms with Gasteiger partial charge in [0.2, 0.25) is 5.91 Å². The zero-order chi connectivity index (χ0) is 20.8. The van der Waals surface area contributed by atoms with E-state index in [1.54, 1.807) is 0 Å². The summed E-state index contributed by atoms with van der Waals surface area (Å²) in [6.07, 6.45) is 0.960. The molecule has 1 aliphatic rings. The number of carbonyl (C=O) groups is 1. The van der Waals surface area contributed by atoms with Gasteiger partial charge >= 0.3 is 0 Å². The average molecular weight is 421 g/mol. The molecule has 7 heteroatoms. The summed E-state index contributed by atoms with van der Waals surface area (Å²) in [5.41, 5.74) is 7.64. The Morgan fingerprint density at radius 3 is 2.90 bits per heavy atom. The minimum Gasteiger partial charge on any atom is -0.356 e. The number of aromatic nitrogens is 3. The van der Waals surface area contributed by atoms with E-state index in [9.17, 15) is 4.79 Å². The van der Waals surface area contributed by atoms with Crippen LogP contribution in [0.2, 0.25) is 5.02 Å². The van der Waals surface area contributed by atoms with Crippen LogP contribution in [0, 0.1) is 13.8 Å². The van der Waals surface area contributed by atoms with E-state index in [1.807, 2.05) is 48.2 Å². The van der Waals surface area contributed by atoms with Crippen molar-refractivity contribution in [3.8, 4) is 11.3 Å². The Morgan fingerprint density at radius 2 is 2.07 bits per heavy atom. The number of H-pyrrole nitrogens is 1. The smallest absolute Gasteiger partial charge is 0.229 e. The number of hydrogen-bond donors (Lipinski definition) is 1. The Morgan fingerprint density at radius 1 is 1.23 bits per heavy atom. The molecule has 0 saturated heterocycles. The Kier molecular flexibility index (Phi) is 4.59. The van der Waals surface area contributed by atoms with Crippen molar-refractivity contribution in [1.29, 1.82) is 0 Å². The van der Waals surface area contributed by atoms with Crippen molar-refractivity contribution < 1.29 is 9.32 Å². The summed E-state index contributed by atoms with van der Waals surface area (Å²) in [5, 5.41) is 13.4. The van der Waals surface area contributed by atoms with Gasteiger partial charge in [0.05, 0.1) is 12.1 Å². The predicted molar refractivity (Wildman–Crippen MR) is 115 cm³/mol. The molecule has 1 aliphatic heterocycles. The first-order valence-electron chi connectivity index (χ1n) is 9.95. The Balaban J connectivity index is 1.39. The third-order valence-corrected chi connectivity index (χ3v) is 6.10. The van der Waals surface area contributed by atoms with Crippen molar-refractivity contribution in [1.82, 2.24) is 20.3 Å². The highest BCUT2D eigenvalue weighted by Gasteiger charge is 2.27. The molecular weight excluding hydrogens is 400 g/mol. The Labute approximate surface area is 178 Å². The van der Waals surface area contributed by atoms with E-state index < -0.39 is 0 Å². The first kappa shape index (κ1) is 18.9. The third-order valence-electron chi connectivity index (χ3n) is 5.86. The topological polar surface area (TPSA) is 75.0 Å². The molecule has 2 aromatic heterocycles. The molecule has 2 aromatic carbocycles. The van der Waals surface area contributed by atoms with Crippen molar-refractivity contribution in [3.05, 3.63) is 69.5 Å². The van der Waals surface area contributed by atoms with Gasteiger partial charge in [0.1, 0.15) is 5.69 Å². The highest BCUT2D eigenvalue weighted by Crippen LogP contribution is 2.30. The quantitative estimate of drug-likeness (QED) is 0.525. The van der Waals surface area contributed by atoms with Crippen molar-refractivity contribution >= 4 is 28.5 Å². The molecule has 6 nitrogen and oxygen atoms in total. The molecule has 4 aromatic rings. The summed E-state index contributed by atoms with van der Waals surface area (Å²) in [7, 11) is 0. The van der Waals surface area contributed by atoms with Crippen molar-refractivity contribution in [2.75, 3.05) is 6.54 Å². The summed E-state index contributed by atoms with van der Waals surface area (Å²) < 4.78 is 5.46. The van der Waals surface area contributed by atoms with E-state index in [0.29, 0.717) is 23.8 Å². The molecule has 1 amide bonds. The highest BCUT2D eigenvalue weighted by atomic mass is 35.5. The molecule has 0 aliphatic carbocycles. The highest BCUT2D eigenvalue weighted by molar-refractivity contribution is 6.30. The van der Waals surface area contributed by atoms with Crippen LogP contribution in [0.15, 0.2) is 40.9 Å². The lowest BCUT2D eigenvalue weighted by Crippen LogP contribution is -2.37. The number of aryl methyl sites for hydroxylation is 2. The normalized spacial score (nSPS) is 13.6. The first-order chi connectivity index (χ1) is 14.5. The van der Waals surface area contributed by atoms with Gasteiger partial charge in [0, 0.05) is 46.7 Å². The maximum Gasteiger partial charge on any atom is 0.229 e. The number of carbonyl (C=O) groups excluding carboxylic acids is 1. The van der Waals surface area contributed by atoms with Crippen LogP contribution in [0.1, 0.15) is 28.1 Å². The summed E-state index contributed by atoms with van der Waals surface area (Å²) >= 11 is 6.15. The van der Waals surface area contributed by atoms with Crippen LogP contribution in [0.3, 0.4) is 0 Å². The average Bonchev–Trinajstić information content (AvgIpc) is 3.32. The molecule has 0 fully saturated rings. The summed E-state index contributed by atoms with van der Waals surface area (Å²) in [5.74, 6) is 0.0346. The number of aromatic amines is 1. The van der Waals surface area contributed by atoms with Gasteiger partial charge < -0.3 is 9.42 Å². The number of fused-ring (bicyclic) bond motifs is 2. The lowest BCUT2D eigenvalue weighted by atomic mass is 10.0. The molecular formula is C23H21ClN4O2. The largest absolute Gasteiger partial charge is 0.356 e. The monoisotopic (exact) mass is 420 g/mol. The number of halogens is 1. The van der Waals surface area contributed by atoms with Crippen LogP contribution in [0.4, 0.5) is 0 Å². The summed E-state index contributed by atoms with van der Waals surface area (Å²) in [6, 6.07) is 11.6. The van der Waals surface area contributed by atoms with Gasteiger partial charge in [-0.2, -0.15) is 5.10 Å². The lowest BCUT2D eigenvalue weighted by Gasteiger charge is -2.27. The number of rotatable bonds is 3. The Hall–Kier alpha value is -3.12. The van der Waals surface area contributed by atoms with Crippen LogP contribution in [0.25, 0.3) is 22.2 Å². The van der Waals surface area contributed by atoms with E-state index in [-0.39, 0.29) is 12.3 Å². The zero-order valence-corrected chi connectivity index (χ0v) is 17.6. The molecule has 0 atom stereocenters. The maximum atomic E-state index is 13.1. The summed E-state index contributed by atoms with van der Waals surface area (Å²) in [6.45, 7) is 5.25. The standard InChI is InChI=1S/C23H21ClN4O2/c1-13-8-17-20(27-30-21(17)9-14(13)2)11-22(29)28-7-6-19-18(12-28)23(26-25-19)15-4-3-5-16(24)10-15/h3-5,8-10H,6-7,11-12H2,1-2H3,(H,25,26). The first-order valence-corrected chi connectivity index (χ1v) is 10.3. The number of nitrogens with zero attached hydrogens (tertiary/aromatic N) is 3. The van der Waals surface area contributed by atoms with E-state index in [1.165, 1.54) is 0 Å². The molecule has 0 radical (unpaired) electrons. The molecule has 0 spiro atoms. The molecule has 0 saturated carbocycles. The van der Waals surface area contributed by atoms with Crippen molar-refractivity contribution in [2.24, 2.45) is 0 Å². The van der Waals surface area contributed by atoms with Gasteiger partial charge in [0.15, 0.2) is 5.58 Å². The second-order valence-corrected chi connectivity index (χ2v) is 8.28. The molecule has 0 unspecified atom stereocenters. The third kappa shape index (κ3) is 3.27. The van der Waals surface area contributed by atoms with E-state index in [4.69, 9.17) is 16.1 Å². The minimum atomic E-state index is 0.0346. The van der Waals surface area contributed by atoms with Gasteiger partial charge in [-0.3, -0.25) is 9.89 Å². The van der Waals surface area contributed by atoms with Crippen LogP contribution in [0.5, 0.6) is 0 Å². The summed E-state index contributed by atoms with van der Waals surface area (Å²) in [4.78, 5) is 15.0. The van der Waals surface area contributed by atoms with E-state index in [2.05, 4.69) is 22.3 Å². The maximum absolute atomic E-state index is 13.1. The molecule has 30 heavy (non-hydrogen) atoms. The van der Waals surface area contributed by atoms with Gasteiger partial charge in [-0.25, -0.2) is 0 Å². The van der Waals surface area contributed by atoms with Gasteiger partial charge in [-0.1, -0.05) is 28.9 Å². The Bertz CT molecular complexity index is 1270. The number of amides is 1. The molecule has 1 N–H and O–H groups in total. The molecule has 0 bridgehead atoms. The van der Waals surface area contributed by atoms with Crippen LogP contribution >= 0.6 is 11.6 Å². The lowest BCUT2D eigenvalue weighted by molar-refractivity contribution is -0.131. The van der Waals surface area contributed by atoms with Crippen LogP contribution < -0.4 is 0 Å². The second-order valence-electron chi connectivity index (χ2n) is 7.84. The number of benzene rings is 2. The fourth-order valence-electron chi connectivity index (χ4n) is 4.01. The van der Waals surface area contributed by atoms with E-state index in [0.717, 1.165) is 51.0 Å². The molecule has 152 valence electrons. The van der Waals surface area contributed by atoms with E-state index >= 15 is 0 Å². The van der Waals surface area contributed by atoms with Gasteiger partial charge in [0.25, 0.3) is 0 Å². The second kappa shape index (κ2) is 7.29. The van der Waals surface area contributed by atoms with Crippen molar-refractivity contribution in [2.45, 2.75) is 33.2 Å². The van der Waals surface area contributed by atoms with Gasteiger partial charge in [-0.15, -0.1) is 0 Å². The van der Waals surface area contributed by atoms with Crippen molar-refractivity contribution in [3.63, 3.8) is 0 Å². The number of nitrogens with one attached hydrogen (secondary N) is 1. The predicted octanol–water partition coefficient (Wildman–Crippen LogP) is 4.62. The number of hydrogen-bond acceptors (Lipinski definition) is 4. The molecule has 3 heterocycles. The van der Waals surface area contributed by atoms with Crippen LogP contribution in [-0.4, -0.2) is 32.7 Å². The SMILES string of the molecule is Cc1cc2onc(CC(=O)N3CCc4[nH]nc(-c5cccc(Cl)c5)c4C3)c2cc1C. The molecule has 5 rings (SSSR count).